The Morgan fingerprint density at radius 1 is 1.42 bits per heavy atom. The monoisotopic (exact) mass is 277 g/mol. The summed E-state index contributed by atoms with van der Waals surface area (Å²) in [5.41, 5.74) is 8.02. The maximum atomic E-state index is 6.24. The van der Waals surface area contributed by atoms with Gasteiger partial charge >= 0.3 is 0 Å². The fourth-order valence-electron chi connectivity index (χ4n) is 2.98. The molecule has 1 heterocycles. The molecule has 4 atom stereocenters. The summed E-state index contributed by atoms with van der Waals surface area (Å²) in [4.78, 5) is 4.70. The van der Waals surface area contributed by atoms with Crippen LogP contribution in [0.5, 0.6) is 0 Å². The van der Waals surface area contributed by atoms with E-state index in [0.29, 0.717) is 36.3 Å². The number of halogens is 1. The van der Waals surface area contributed by atoms with Crippen molar-refractivity contribution in [3.63, 3.8) is 0 Å². The number of hydrogen-bond donors (Lipinski definition) is 2. The highest BCUT2D eigenvalue weighted by Gasteiger charge is 2.55. The lowest BCUT2D eigenvalue weighted by atomic mass is 9.98. The summed E-state index contributed by atoms with van der Waals surface area (Å²) in [5, 5.41) is 3.76. The lowest BCUT2D eigenvalue weighted by Gasteiger charge is -2.20. The lowest BCUT2D eigenvalue weighted by molar-refractivity contribution is 0.474. The largest absolute Gasteiger partial charge is 0.369 e. The number of alkyl halides is 1. The number of nitrogens with zero attached hydrogens (tertiary/aromatic N) is 1. The number of rotatable bonds is 3. The Hall–Kier alpha value is -1.06. The van der Waals surface area contributed by atoms with Gasteiger partial charge in [-0.3, -0.25) is 4.99 Å². The van der Waals surface area contributed by atoms with Gasteiger partial charge in [0.25, 0.3) is 0 Å². The predicted octanol–water partition coefficient (Wildman–Crippen LogP) is 2.28. The number of benzene rings is 1. The standard InChI is InChI=1S/C15H20ClN3/c1-9-5-12(19-15-13(9)14(15)16)18-8-11-4-2-3-10(6-11)7-17/h2-4,6,9,13-15H,5,7-8,17H2,1H3,(H,18,19). The van der Waals surface area contributed by atoms with Crippen molar-refractivity contribution >= 4 is 17.4 Å². The molecule has 2 aliphatic rings. The van der Waals surface area contributed by atoms with E-state index in [9.17, 15) is 0 Å². The van der Waals surface area contributed by atoms with Gasteiger partial charge in [-0.05, 0) is 17.0 Å². The second-order valence-corrected chi connectivity index (χ2v) is 6.16. The number of nitrogens with one attached hydrogen (secondary N) is 1. The van der Waals surface area contributed by atoms with Crippen molar-refractivity contribution in [1.82, 2.24) is 5.32 Å². The number of aliphatic imine (C=N–C) groups is 1. The summed E-state index contributed by atoms with van der Waals surface area (Å²) >= 11 is 6.24. The van der Waals surface area contributed by atoms with Gasteiger partial charge in [-0.15, -0.1) is 11.6 Å². The Morgan fingerprint density at radius 2 is 2.21 bits per heavy atom. The topological polar surface area (TPSA) is 50.4 Å². The molecule has 3 rings (SSSR count). The van der Waals surface area contributed by atoms with E-state index in [0.717, 1.165) is 17.8 Å². The van der Waals surface area contributed by atoms with E-state index < -0.39 is 0 Å². The van der Waals surface area contributed by atoms with Crippen molar-refractivity contribution < 1.29 is 0 Å². The minimum absolute atomic E-state index is 0.295. The molecular weight excluding hydrogens is 258 g/mol. The van der Waals surface area contributed by atoms with Crippen LogP contribution >= 0.6 is 11.6 Å². The molecule has 1 aromatic rings. The van der Waals surface area contributed by atoms with Crippen LogP contribution in [-0.4, -0.2) is 17.3 Å². The molecule has 0 spiro atoms. The molecule has 0 aromatic heterocycles. The highest BCUT2D eigenvalue weighted by molar-refractivity contribution is 6.24. The van der Waals surface area contributed by atoms with Crippen LogP contribution in [0.2, 0.25) is 0 Å². The van der Waals surface area contributed by atoms with Crippen LogP contribution in [-0.2, 0) is 13.1 Å². The van der Waals surface area contributed by atoms with Gasteiger partial charge in [0.2, 0.25) is 0 Å². The molecule has 2 fully saturated rings. The molecular formula is C15H20ClN3. The van der Waals surface area contributed by atoms with Crippen LogP contribution in [0, 0.1) is 11.8 Å². The van der Waals surface area contributed by atoms with Crippen LogP contribution in [0.4, 0.5) is 0 Å². The van der Waals surface area contributed by atoms with Gasteiger partial charge in [-0.2, -0.15) is 0 Å². The van der Waals surface area contributed by atoms with E-state index in [-0.39, 0.29) is 0 Å². The van der Waals surface area contributed by atoms with E-state index >= 15 is 0 Å². The van der Waals surface area contributed by atoms with Crippen LogP contribution in [0.3, 0.4) is 0 Å². The van der Waals surface area contributed by atoms with Crippen LogP contribution in [0.1, 0.15) is 24.5 Å². The number of piperidine rings is 1. The third-order valence-corrected chi connectivity index (χ3v) is 4.73. The third-order valence-electron chi connectivity index (χ3n) is 4.17. The third kappa shape index (κ3) is 2.63. The summed E-state index contributed by atoms with van der Waals surface area (Å²) < 4.78 is 0. The van der Waals surface area contributed by atoms with E-state index in [1.807, 2.05) is 12.1 Å². The normalized spacial score (nSPS) is 34.8. The highest BCUT2D eigenvalue weighted by Crippen LogP contribution is 2.46. The van der Waals surface area contributed by atoms with Gasteiger partial charge in [0.1, 0.15) is 0 Å². The van der Waals surface area contributed by atoms with Gasteiger partial charge in [0.05, 0.1) is 17.8 Å². The summed E-state index contributed by atoms with van der Waals surface area (Å²) in [5.74, 6) is 2.39. The molecule has 1 saturated carbocycles. The van der Waals surface area contributed by atoms with Crippen molar-refractivity contribution in [2.24, 2.45) is 22.6 Å². The van der Waals surface area contributed by atoms with Gasteiger partial charge in [-0.25, -0.2) is 0 Å². The molecule has 1 aliphatic heterocycles. The first-order chi connectivity index (χ1) is 9.19. The minimum Gasteiger partial charge on any atom is -0.369 e. The minimum atomic E-state index is 0.295. The molecule has 0 bridgehead atoms. The number of nitrogens with two attached hydrogens (primary N) is 1. The van der Waals surface area contributed by atoms with Crippen LogP contribution < -0.4 is 11.1 Å². The smallest absolute Gasteiger partial charge is 0.0972 e. The quantitative estimate of drug-likeness (QED) is 0.833. The van der Waals surface area contributed by atoms with Crippen LogP contribution in [0.15, 0.2) is 29.3 Å². The Kier molecular flexibility index (Phi) is 3.50. The number of amidine groups is 1. The van der Waals surface area contributed by atoms with Gasteiger partial charge in [-0.1, -0.05) is 31.2 Å². The average molecular weight is 278 g/mol. The maximum absolute atomic E-state index is 6.24. The predicted molar refractivity (Wildman–Crippen MR) is 79.3 cm³/mol. The highest BCUT2D eigenvalue weighted by atomic mass is 35.5. The molecule has 1 aromatic carbocycles. The molecule has 0 amide bonds. The SMILES string of the molecule is CC1CC(=NCc2cccc(CN)c2)NC2C(Cl)C12. The first-order valence-corrected chi connectivity index (χ1v) is 7.34. The molecule has 4 unspecified atom stereocenters. The first kappa shape index (κ1) is 12.9. The summed E-state index contributed by atoms with van der Waals surface area (Å²) in [6.45, 7) is 3.57. The van der Waals surface area contributed by atoms with Crippen molar-refractivity contribution in [3.8, 4) is 0 Å². The Bertz CT molecular complexity index is 490. The Morgan fingerprint density at radius 3 is 2.95 bits per heavy atom. The molecule has 1 saturated heterocycles. The van der Waals surface area contributed by atoms with Gasteiger partial charge in [0, 0.05) is 24.9 Å². The van der Waals surface area contributed by atoms with E-state index in [1.165, 1.54) is 5.56 Å². The molecule has 3 N–H and O–H groups in total. The summed E-state index contributed by atoms with van der Waals surface area (Å²) in [6.07, 6.45) is 1.01. The molecule has 1 aliphatic carbocycles. The fourth-order valence-corrected chi connectivity index (χ4v) is 3.54. The van der Waals surface area contributed by atoms with E-state index in [4.69, 9.17) is 22.3 Å². The second-order valence-electron chi connectivity index (χ2n) is 5.66. The zero-order valence-electron chi connectivity index (χ0n) is 11.1. The Labute approximate surface area is 119 Å². The zero-order chi connectivity index (χ0) is 13.4. The van der Waals surface area contributed by atoms with Crippen LogP contribution in [0.25, 0.3) is 0 Å². The van der Waals surface area contributed by atoms with E-state index in [1.54, 1.807) is 0 Å². The van der Waals surface area contributed by atoms with Crippen molar-refractivity contribution in [3.05, 3.63) is 35.4 Å². The average Bonchev–Trinajstić information content (AvgIpc) is 3.08. The second kappa shape index (κ2) is 5.14. The maximum Gasteiger partial charge on any atom is 0.0972 e. The van der Waals surface area contributed by atoms with Gasteiger partial charge < -0.3 is 11.1 Å². The van der Waals surface area contributed by atoms with Crippen molar-refractivity contribution in [2.45, 2.75) is 37.9 Å². The van der Waals surface area contributed by atoms with Gasteiger partial charge in [0.15, 0.2) is 0 Å². The molecule has 19 heavy (non-hydrogen) atoms. The number of fused-ring (bicyclic) bond motifs is 1. The molecule has 0 radical (unpaired) electrons. The summed E-state index contributed by atoms with van der Waals surface area (Å²) in [6, 6.07) is 8.75. The summed E-state index contributed by atoms with van der Waals surface area (Å²) in [7, 11) is 0. The number of hydrogen-bond acceptors (Lipinski definition) is 2. The Balaban J connectivity index is 1.66. The van der Waals surface area contributed by atoms with Crippen molar-refractivity contribution in [2.75, 3.05) is 0 Å². The fraction of sp³-hybridized carbons (Fsp3) is 0.533. The van der Waals surface area contributed by atoms with Crippen molar-refractivity contribution in [1.29, 1.82) is 0 Å². The lowest BCUT2D eigenvalue weighted by Crippen LogP contribution is -2.34. The molecule has 3 nitrogen and oxygen atoms in total. The molecule has 4 heteroatoms. The zero-order valence-corrected chi connectivity index (χ0v) is 11.9. The molecule has 102 valence electrons. The first-order valence-electron chi connectivity index (χ1n) is 6.91. The van der Waals surface area contributed by atoms with E-state index in [2.05, 4.69) is 24.4 Å².